The summed E-state index contributed by atoms with van der Waals surface area (Å²) in [5.74, 6) is 1.30. The summed E-state index contributed by atoms with van der Waals surface area (Å²) in [6.07, 6.45) is 2.23. The molecule has 1 saturated heterocycles. The van der Waals surface area contributed by atoms with Crippen molar-refractivity contribution in [2.45, 2.75) is 32.2 Å². The molecule has 1 fully saturated rings. The molecule has 2 rings (SSSR count). The van der Waals surface area contributed by atoms with Gasteiger partial charge in [-0.15, -0.1) is 0 Å². The van der Waals surface area contributed by atoms with E-state index < -0.39 is 0 Å². The van der Waals surface area contributed by atoms with Crippen LogP contribution < -0.4 is 14.8 Å². The highest BCUT2D eigenvalue weighted by molar-refractivity contribution is 5.78. The first kappa shape index (κ1) is 17.1. The Morgan fingerprint density at radius 1 is 1.26 bits per heavy atom. The number of methoxy groups -OCH3 is 2. The minimum absolute atomic E-state index is 0.0552. The molecule has 0 bridgehead atoms. The lowest BCUT2D eigenvalue weighted by Gasteiger charge is -2.26. The zero-order valence-electron chi connectivity index (χ0n) is 13.9. The molecular formula is C17H24N2O4. The number of amides is 2. The van der Waals surface area contributed by atoms with E-state index in [9.17, 15) is 9.59 Å². The third-order valence-electron chi connectivity index (χ3n) is 4.08. The summed E-state index contributed by atoms with van der Waals surface area (Å²) in [4.78, 5) is 25.2. The number of hydrogen-bond acceptors (Lipinski definition) is 4. The van der Waals surface area contributed by atoms with Gasteiger partial charge in [-0.25, -0.2) is 0 Å². The predicted octanol–water partition coefficient (Wildman–Crippen LogP) is 1.89. The summed E-state index contributed by atoms with van der Waals surface area (Å²) in [6, 6.07) is 5.83. The van der Waals surface area contributed by atoms with Crippen LogP contribution in [0.25, 0.3) is 0 Å². The number of carbonyl (C=O) groups excluding carboxylic acids is 2. The first-order chi connectivity index (χ1) is 11.1. The third-order valence-corrected chi connectivity index (χ3v) is 4.08. The van der Waals surface area contributed by atoms with E-state index in [1.165, 1.54) is 6.92 Å². The molecule has 1 atom stereocenters. The molecule has 1 heterocycles. The van der Waals surface area contributed by atoms with Crippen LogP contribution in [0, 0.1) is 0 Å². The standard InChI is InChI=1S/C17H24N2O4/c1-12(20)18-9-8-17(21)19-10-4-5-14(19)13-6-7-15(22-2)16(11-13)23-3/h6-7,11,14H,4-5,8-10H2,1-3H3,(H,18,20). The van der Waals surface area contributed by atoms with Gasteiger partial charge in [-0.3, -0.25) is 9.59 Å². The zero-order valence-corrected chi connectivity index (χ0v) is 13.9. The summed E-state index contributed by atoms with van der Waals surface area (Å²) in [5.41, 5.74) is 1.05. The normalized spacial score (nSPS) is 17.0. The van der Waals surface area contributed by atoms with Crippen molar-refractivity contribution in [3.63, 3.8) is 0 Å². The summed E-state index contributed by atoms with van der Waals surface area (Å²) < 4.78 is 10.6. The number of nitrogens with one attached hydrogen (secondary N) is 1. The van der Waals surface area contributed by atoms with Crippen LogP contribution in [0.2, 0.25) is 0 Å². The maximum absolute atomic E-state index is 12.4. The molecule has 1 N–H and O–H groups in total. The van der Waals surface area contributed by atoms with Crippen LogP contribution in [-0.2, 0) is 9.59 Å². The fourth-order valence-corrected chi connectivity index (χ4v) is 2.96. The van der Waals surface area contributed by atoms with Gasteiger partial charge in [-0.2, -0.15) is 0 Å². The molecule has 23 heavy (non-hydrogen) atoms. The predicted molar refractivity (Wildman–Crippen MR) is 86.5 cm³/mol. The molecule has 126 valence electrons. The highest BCUT2D eigenvalue weighted by atomic mass is 16.5. The Labute approximate surface area is 136 Å². The van der Waals surface area contributed by atoms with E-state index in [0.29, 0.717) is 24.5 Å². The average molecular weight is 320 g/mol. The molecule has 1 aromatic carbocycles. The minimum Gasteiger partial charge on any atom is -0.493 e. The molecule has 0 saturated carbocycles. The number of nitrogens with zero attached hydrogens (tertiary/aromatic N) is 1. The number of ether oxygens (including phenoxy) is 2. The van der Waals surface area contributed by atoms with Crippen LogP contribution in [0.4, 0.5) is 0 Å². The van der Waals surface area contributed by atoms with Crippen molar-refractivity contribution < 1.29 is 19.1 Å². The fraction of sp³-hybridized carbons (Fsp3) is 0.529. The monoisotopic (exact) mass is 320 g/mol. The molecule has 1 aliphatic heterocycles. The first-order valence-corrected chi connectivity index (χ1v) is 7.82. The fourth-order valence-electron chi connectivity index (χ4n) is 2.96. The Balaban J connectivity index is 2.09. The Morgan fingerprint density at radius 2 is 2.00 bits per heavy atom. The van der Waals surface area contributed by atoms with Crippen molar-refractivity contribution in [3.8, 4) is 11.5 Å². The second-order valence-corrected chi connectivity index (χ2v) is 5.59. The molecular weight excluding hydrogens is 296 g/mol. The summed E-state index contributed by atoms with van der Waals surface area (Å²) >= 11 is 0. The van der Waals surface area contributed by atoms with Crippen molar-refractivity contribution in [1.82, 2.24) is 10.2 Å². The van der Waals surface area contributed by atoms with Crippen LogP contribution in [-0.4, -0.2) is 44.0 Å². The van der Waals surface area contributed by atoms with Gasteiger partial charge in [0, 0.05) is 26.4 Å². The molecule has 1 aliphatic rings. The Kier molecular flexibility index (Phi) is 5.84. The Morgan fingerprint density at radius 3 is 2.65 bits per heavy atom. The minimum atomic E-state index is -0.115. The molecule has 2 amide bonds. The number of hydrogen-bond donors (Lipinski definition) is 1. The van der Waals surface area contributed by atoms with Gasteiger partial charge in [0.05, 0.1) is 20.3 Å². The summed E-state index contributed by atoms with van der Waals surface area (Å²) in [5, 5.41) is 2.66. The topological polar surface area (TPSA) is 67.9 Å². The number of carbonyl (C=O) groups is 2. The maximum atomic E-state index is 12.4. The lowest BCUT2D eigenvalue weighted by molar-refractivity contribution is -0.132. The Bertz CT molecular complexity index is 574. The number of likely N-dealkylation sites (tertiary alicyclic amines) is 1. The van der Waals surface area contributed by atoms with Gasteiger partial charge in [-0.1, -0.05) is 6.07 Å². The van der Waals surface area contributed by atoms with E-state index >= 15 is 0 Å². The van der Waals surface area contributed by atoms with E-state index in [2.05, 4.69) is 5.32 Å². The van der Waals surface area contributed by atoms with Crippen LogP contribution in [0.1, 0.15) is 37.8 Å². The SMILES string of the molecule is COc1ccc(C2CCCN2C(=O)CCNC(C)=O)cc1OC. The van der Waals surface area contributed by atoms with E-state index in [0.717, 1.165) is 24.9 Å². The van der Waals surface area contributed by atoms with Gasteiger partial charge < -0.3 is 19.7 Å². The highest BCUT2D eigenvalue weighted by Crippen LogP contribution is 2.37. The third kappa shape index (κ3) is 4.15. The first-order valence-electron chi connectivity index (χ1n) is 7.82. The molecule has 0 aliphatic carbocycles. The van der Waals surface area contributed by atoms with E-state index in [1.807, 2.05) is 23.1 Å². The molecule has 1 unspecified atom stereocenters. The van der Waals surface area contributed by atoms with Crippen LogP contribution in [0.5, 0.6) is 11.5 Å². The van der Waals surface area contributed by atoms with Gasteiger partial charge in [0.2, 0.25) is 11.8 Å². The van der Waals surface area contributed by atoms with Crippen molar-refractivity contribution in [2.75, 3.05) is 27.3 Å². The quantitative estimate of drug-likeness (QED) is 0.869. The molecule has 0 radical (unpaired) electrons. The molecule has 6 nitrogen and oxygen atoms in total. The summed E-state index contributed by atoms with van der Waals surface area (Å²) in [7, 11) is 3.21. The van der Waals surface area contributed by atoms with Crippen molar-refractivity contribution in [1.29, 1.82) is 0 Å². The number of benzene rings is 1. The smallest absolute Gasteiger partial charge is 0.224 e. The number of rotatable bonds is 6. The second kappa shape index (κ2) is 7.85. The largest absolute Gasteiger partial charge is 0.493 e. The van der Waals surface area contributed by atoms with E-state index in [1.54, 1.807) is 14.2 Å². The maximum Gasteiger partial charge on any atom is 0.224 e. The highest BCUT2D eigenvalue weighted by Gasteiger charge is 2.30. The zero-order chi connectivity index (χ0) is 16.8. The van der Waals surface area contributed by atoms with Crippen LogP contribution >= 0.6 is 0 Å². The van der Waals surface area contributed by atoms with Gasteiger partial charge in [0.15, 0.2) is 11.5 Å². The lowest BCUT2D eigenvalue weighted by Crippen LogP contribution is -2.33. The molecule has 6 heteroatoms. The van der Waals surface area contributed by atoms with Crippen molar-refractivity contribution in [2.24, 2.45) is 0 Å². The van der Waals surface area contributed by atoms with Gasteiger partial charge in [-0.05, 0) is 30.5 Å². The molecule has 0 aromatic heterocycles. The van der Waals surface area contributed by atoms with Crippen molar-refractivity contribution >= 4 is 11.8 Å². The van der Waals surface area contributed by atoms with Gasteiger partial charge >= 0.3 is 0 Å². The van der Waals surface area contributed by atoms with Crippen LogP contribution in [0.3, 0.4) is 0 Å². The van der Waals surface area contributed by atoms with Gasteiger partial charge in [0.25, 0.3) is 0 Å². The van der Waals surface area contributed by atoms with E-state index in [-0.39, 0.29) is 17.9 Å². The second-order valence-electron chi connectivity index (χ2n) is 5.59. The Hall–Kier alpha value is -2.24. The van der Waals surface area contributed by atoms with Gasteiger partial charge in [0.1, 0.15) is 0 Å². The molecule has 1 aromatic rings. The summed E-state index contributed by atoms with van der Waals surface area (Å²) in [6.45, 7) is 2.58. The van der Waals surface area contributed by atoms with Crippen LogP contribution in [0.15, 0.2) is 18.2 Å². The average Bonchev–Trinajstić information content (AvgIpc) is 3.03. The van der Waals surface area contributed by atoms with E-state index in [4.69, 9.17) is 9.47 Å². The molecule has 0 spiro atoms. The van der Waals surface area contributed by atoms with Crippen molar-refractivity contribution in [3.05, 3.63) is 23.8 Å². The lowest BCUT2D eigenvalue weighted by atomic mass is 10.0.